The summed E-state index contributed by atoms with van der Waals surface area (Å²) in [6, 6.07) is 84.8. The molecule has 0 aliphatic carbocycles. The Labute approximate surface area is 839 Å². The molecule has 0 bridgehead atoms. The number of nitrogens with zero attached hydrogens (tertiary/aromatic N) is 2. The minimum Gasteiger partial charge on any atom is -0.497 e. The molecule has 0 heterocycles. The fraction of sp³-hybridized carbons (Fsp3) is 0.200. The largest absolute Gasteiger partial charge is 0.497 e. The van der Waals surface area contributed by atoms with Crippen LogP contribution in [0.1, 0.15) is 131 Å². The van der Waals surface area contributed by atoms with Crippen LogP contribution >= 0.6 is 34.8 Å². The predicted molar refractivity (Wildman–Crippen MR) is 567 cm³/mol. The molecule has 0 aliphatic heterocycles. The molecular weight excluding hydrogens is 1920 g/mol. The molecule has 0 radical (unpaired) electrons. The number of nitrogens with one attached hydrogen (secondary N) is 1. The summed E-state index contributed by atoms with van der Waals surface area (Å²) in [5.41, 5.74) is 61.3. The molecular formula is C105H128Cl3FN12O15S4. The Kier molecular flexibility index (Phi) is 56.0. The van der Waals surface area contributed by atoms with Crippen molar-refractivity contribution in [1.29, 1.82) is 5.41 Å². The Balaban J connectivity index is 0.000000759. The molecule has 0 aromatic heterocycles. The smallest absolute Gasteiger partial charge is 0.249 e. The topological polar surface area (TPSA) is 518 Å². The van der Waals surface area contributed by atoms with E-state index in [1.54, 1.807) is 144 Å². The second-order valence-electron chi connectivity index (χ2n) is 31.0. The van der Waals surface area contributed by atoms with Crippen LogP contribution in [0.2, 0.25) is 15.1 Å². The number of benzene rings is 13. The van der Waals surface area contributed by atoms with Gasteiger partial charge in [0.05, 0.1) is 38.8 Å². The van der Waals surface area contributed by atoms with Crippen molar-refractivity contribution in [1.82, 2.24) is 0 Å². The molecule has 0 spiro atoms. The first-order valence-electron chi connectivity index (χ1n) is 42.2. The number of halogens is 4. The molecule has 3 amide bonds. The zero-order valence-electron chi connectivity index (χ0n) is 81.9. The van der Waals surface area contributed by atoms with Gasteiger partial charge in [0, 0.05) is 75.3 Å². The van der Waals surface area contributed by atoms with Gasteiger partial charge in [-0.05, 0) is 255 Å². The average molecular weight is 2050 g/mol. The Morgan fingerprint density at radius 2 is 0.721 bits per heavy atom. The van der Waals surface area contributed by atoms with Gasteiger partial charge in [-0.2, -0.15) is 0 Å². The molecule has 0 atom stereocenters. The zero-order chi connectivity index (χ0) is 107. The van der Waals surface area contributed by atoms with Gasteiger partial charge < -0.3 is 65.4 Å². The first-order valence-corrected chi connectivity index (χ1v) is 50.6. The number of methoxy groups -OCH3 is 2. The molecule has 35 heteroatoms. The summed E-state index contributed by atoms with van der Waals surface area (Å²) in [4.78, 5) is 37.8. The third-order valence-electron chi connectivity index (χ3n) is 18.7. The van der Waals surface area contributed by atoms with E-state index in [-0.39, 0.29) is 39.2 Å². The van der Waals surface area contributed by atoms with Crippen LogP contribution in [0, 0.1) is 101 Å². The molecule has 0 aliphatic rings. The van der Waals surface area contributed by atoms with E-state index in [4.69, 9.17) is 106 Å². The lowest BCUT2D eigenvalue weighted by Crippen LogP contribution is -2.13. The van der Waals surface area contributed by atoms with Gasteiger partial charge in [0.15, 0.2) is 41.2 Å². The number of carbonyl (C=O) groups is 3. The van der Waals surface area contributed by atoms with Crippen LogP contribution in [0.25, 0.3) is 0 Å². The first kappa shape index (κ1) is 124. The third kappa shape index (κ3) is 50.1. The van der Waals surface area contributed by atoms with Gasteiger partial charge in [0.2, 0.25) is 27.7 Å². The highest BCUT2D eigenvalue weighted by Gasteiger charge is 2.15. The molecule has 0 saturated heterocycles. The molecule has 20 N–H and O–H groups in total. The van der Waals surface area contributed by atoms with E-state index < -0.39 is 45.4 Å². The van der Waals surface area contributed by atoms with Crippen molar-refractivity contribution in [2.75, 3.05) is 40.1 Å². The Bertz CT molecular complexity index is 6650. The maximum atomic E-state index is 12.4. The number of primary amides is 3. The highest BCUT2D eigenvalue weighted by atomic mass is 35.5. The van der Waals surface area contributed by atoms with Crippen molar-refractivity contribution in [3.63, 3.8) is 0 Å². The molecule has 0 unspecified atom stereocenters. The molecule has 13 aromatic rings. The highest BCUT2D eigenvalue weighted by Crippen LogP contribution is 2.24. The number of nitrogen functional groups attached to an aromatic ring is 1. The van der Waals surface area contributed by atoms with Crippen LogP contribution in [0.15, 0.2) is 315 Å². The van der Waals surface area contributed by atoms with Crippen molar-refractivity contribution < 1.29 is 72.0 Å². The van der Waals surface area contributed by atoms with Gasteiger partial charge in [-0.3, -0.25) is 19.8 Å². The van der Waals surface area contributed by atoms with E-state index in [2.05, 4.69) is 65.4 Å². The van der Waals surface area contributed by atoms with Crippen molar-refractivity contribution in [3.8, 4) is 11.5 Å². The van der Waals surface area contributed by atoms with Crippen molar-refractivity contribution >= 4 is 110 Å². The minimum absolute atomic E-state index is 0.118. The molecule has 0 fully saturated rings. The van der Waals surface area contributed by atoms with Crippen LogP contribution in [0.3, 0.4) is 0 Å². The number of oxime groups is 2. The van der Waals surface area contributed by atoms with Gasteiger partial charge in [0.1, 0.15) is 30.3 Å². The molecule has 27 nitrogen and oxygen atoms in total. The molecule has 140 heavy (non-hydrogen) atoms. The molecule has 750 valence electrons. The van der Waals surface area contributed by atoms with Crippen LogP contribution in [-0.2, 0) is 57.5 Å². The lowest BCUT2D eigenvalue weighted by molar-refractivity contribution is 0.0991. The number of hydrogen-bond acceptors (Lipinski definition) is 20. The fourth-order valence-electron chi connectivity index (χ4n) is 11.5. The molecule has 13 aromatic carbocycles. The summed E-state index contributed by atoms with van der Waals surface area (Å²) in [6.07, 6.45) is 3.59. The van der Waals surface area contributed by atoms with Gasteiger partial charge in [-0.1, -0.05) is 248 Å². The van der Waals surface area contributed by atoms with Crippen molar-refractivity contribution in [3.05, 3.63) is 423 Å². The van der Waals surface area contributed by atoms with Crippen molar-refractivity contribution in [2.24, 2.45) is 61.3 Å². The summed E-state index contributed by atoms with van der Waals surface area (Å²) in [6.45, 7) is 25.8. The average Bonchev–Trinajstić information content (AvgIpc) is 0.823. The van der Waals surface area contributed by atoms with Crippen LogP contribution in [0.5, 0.6) is 11.5 Å². The number of aryl methyl sites for hydroxylation is 13. The SMILES string of the molecule is CON=C(N)c1cccc(C)c1.COc1ccc(C)c(C(N)=O)c1.COc1ccc(C)c(S(C)(=O)=O)c1.Cc1cc(Cl)ccc1S(C)(=O)=O.Cc1cc(Cl)ccc1S(N)(=O)=O.Cc1ccc(CN)cc1.Cc1ccc(F)c(Cl)c1.Cc1cccc(C(=N)N)c1.Cc1cccc(C(N)=NO)c1.Cc1cccc(C(N)=O)c1.Cc1cccc(CN)c1.Cc1ccccc1C(N)=O.Cc1ccccc1S(C)(=O)=O. The number of primary sulfonamides is 1. The van der Waals surface area contributed by atoms with E-state index in [1.165, 1.54) is 85.6 Å². The molecule has 13 rings (SSSR count). The van der Waals surface area contributed by atoms with Crippen LogP contribution in [0.4, 0.5) is 4.39 Å². The Morgan fingerprint density at radius 3 is 1.07 bits per heavy atom. The Hall–Kier alpha value is -13.6. The lowest BCUT2D eigenvalue weighted by Gasteiger charge is -2.05. The maximum absolute atomic E-state index is 12.4. The number of carbonyl (C=O) groups excluding carboxylic acids is 3. The van der Waals surface area contributed by atoms with Crippen LogP contribution in [-0.4, -0.2) is 114 Å². The zero-order valence-corrected chi connectivity index (χ0v) is 87.5. The lowest BCUT2D eigenvalue weighted by atomic mass is 10.1. The monoisotopic (exact) mass is 2050 g/mol. The third-order valence-corrected chi connectivity index (χ3v) is 24.3. The van der Waals surface area contributed by atoms with E-state index in [1.807, 2.05) is 158 Å². The number of ether oxygens (including phenoxy) is 2. The second-order valence-corrected chi connectivity index (χ2v) is 39.8. The van der Waals surface area contributed by atoms with E-state index in [0.29, 0.717) is 83.0 Å². The van der Waals surface area contributed by atoms with E-state index >= 15 is 0 Å². The number of hydrogen-bond donors (Lipinski definition) is 11. The maximum Gasteiger partial charge on any atom is 0.249 e. The van der Waals surface area contributed by atoms with Crippen LogP contribution < -0.4 is 60.5 Å². The first-order chi connectivity index (χ1) is 65.4. The quantitative estimate of drug-likeness (QED) is 0.0196. The summed E-state index contributed by atoms with van der Waals surface area (Å²) in [7, 11) is -8.36. The summed E-state index contributed by atoms with van der Waals surface area (Å²) < 4.78 is 111. The summed E-state index contributed by atoms with van der Waals surface area (Å²) in [5, 5.41) is 28.2. The van der Waals surface area contributed by atoms with Gasteiger partial charge in [0.25, 0.3) is 0 Å². The number of sulfonamides is 1. The normalized spacial score (nSPS) is 10.5. The van der Waals surface area contributed by atoms with Gasteiger partial charge >= 0.3 is 0 Å². The van der Waals surface area contributed by atoms with Crippen molar-refractivity contribution in [2.45, 2.75) is 123 Å². The standard InChI is InChI=1S/C9H12N2O.C9H11NO2.C9H12O3S.C8H9ClO2S.C8H10N2O.C8H10N2.2C8H9NO.2C8H11N.C8H10O2S.C7H6ClF.C7H8ClNO2S/c1-7-4-3-5-8(6-7)9(10)11-12-2;1-6-3-4-7(12-2)5-8(6)9(10)11;1-7-4-5-8(12-2)6-9(7)13(3,10)11;1-6-5-7(9)3-4-8(6)12(2,10)11;1-6-3-2-4-7(5-6)8(9)10-11;2*1-6-3-2-4-7(5-6)8(9)10;1-6-4-2-3-5-7(6)8(9)10;1-7-2-4-8(6-9)5-3-7;1-7-3-2-4-8(5-7)6-9;1-7-5-3-4-6-8(7)11(2,9)10;1-5-2-3-7(9)6(8)4-5;1-5-4-6(8)2-3-7(5)12(9,10)11/h3-6H,1-2H3,(H2,10,11);3-5H,1-2H3,(H2,10,11);4-6H,1-3H3;3-5H,1-2H3;2-5,11H,1H3,(H2,9,10);2-5H,1H3,(H3,9,10);2*2-5H,1H3,(H2,9,10);2*2-5H,6,9H2,1H3;3-6H,1-2H3;2-4H,1H3;2-4H,1H3,(H2,9,10,11). The number of sulfone groups is 3. The van der Waals surface area contributed by atoms with Gasteiger partial charge in [-0.25, -0.2) is 43.2 Å². The number of amidine groups is 3. The molecule has 0 saturated carbocycles. The highest BCUT2D eigenvalue weighted by molar-refractivity contribution is 7.91. The second kappa shape index (κ2) is 63.0. The summed E-state index contributed by atoms with van der Waals surface area (Å²) in [5.74, 6) is 0.370. The number of nitrogens with two attached hydrogens (primary N) is 9. The fourth-order valence-corrected chi connectivity index (χ4v) is 15.9. The number of rotatable bonds is 15. The van der Waals surface area contributed by atoms with E-state index in [0.717, 1.165) is 66.8 Å². The predicted octanol–water partition coefficient (Wildman–Crippen LogP) is 18.8. The Morgan fingerprint density at radius 1 is 0.350 bits per heavy atom. The van der Waals surface area contributed by atoms with E-state index in [9.17, 15) is 52.4 Å². The minimum atomic E-state index is -3.61. The van der Waals surface area contributed by atoms with Gasteiger partial charge in [-0.15, -0.1) is 0 Å². The number of amides is 3. The summed E-state index contributed by atoms with van der Waals surface area (Å²) >= 11 is 16.7.